The number of hydrogen-bond acceptors (Lipinski definition) is 13. The van der Waals surface area contributed by atoms with Gasteiger partial charge in [0.05, 0.1) is 32.3 Å². The van der Waals surface area contributed by atoms with Crippen molar-refractivity contribution in [3.63, 3.8) is 0 Å². The first-order valence-electron chi connectivity index (χ1n) is 23.7. The van der Waals surface area contributed by atoms with E-state index in [2.05, 4.69) is 55.6 Å². The van der Waals surface area contributed by atoms with Crippen LogP contribution < -0.4 is 5.73 Å². The monoisotopic (exact) mass is 890 g/mol. The highest BCUT2D eigenvalue weighted by atomic mass is 31.2. The Bertz CT molecular complexity index is 1850. The summed E-state index contributed by atoms with van der Waals surface area (Å²) in [6, 6.07) is 0. The van der Waals surface area contributed by atoms with Gasteiger partial charge < -0.3 is 40.2 Å². The zero-order valence-electron chi connectivity index (χ0n) is 37.9. The van der Waals surface area contributed by atoms with Gasteiger partial charge in [0.25, 0.3) is 0 Å². The summed E-state index contributed by atoms with van der Waals surface area (Å²) in [4.78, 5) is 22.6. The first kappa shape index (κ1) is 47.9. The van der Waals surface area contributed by atoms with Gasteiger partial charge in [0.15, 0.2) is 17.7 Å². The molecule has 2 aromatic rings. The number of nitrogens with zero attached hydrogens (tertiary/aromatic N) is 4. The molecule has 0 amide bonds. The van der Waals surface area contributed by atoms with Crippen molar-refractivity contribution in [1.29, 1.82) is 0 Å². The number of imidazole rings is 1. The molecular weight excluding hydrogens is 814 g/mol. The van der Waals surface area contributed by atoms with E-state index in [4.69, 9.17) is 29.0 Å². The molecule has 1 saturated heterocycles. The highest BCUT2D eigenvalue weighted by Crippen LogP contribution is 2.67. The normalized spacial score (nSPS) is 35.3. The lowest BCUT2D eigenvalue weighted by Crippen LogP contribution is -2.51. The number of ether oxygens (including phenoxy) is 3. The van der Waals surface area contributed by atoms with E-state index in [-0.39, 0.29) is 23.6 Å². The molecule has 0 aromatic carbocycles. The van der Waals surface area contributed by atoms with Gasteiger partial charge in [-0.2, -0.15) is 0 Å². The molecule has 3 heterocycles. The van der Waals surface area contributed by atoms with Crippen LogP contribution in [-0.4, -0.2) is 103 Å². The predicted octanol–water partition coefficient (Wildman–Crippen LogP) is 7.53. The average molecular weight is 890 g/mol. The van der Waals surface area contributed by atoms with Gasteiger partial charge in [0.1, 0.15) is 36.3 Å². The molecule has 14 atom stereocenters. The summed E-state index contributed by atoms with van der Waals surface area (Å²) >= 11 is 0. The maximum absolute atomic E-state index is 12.8. The molecule has 2 aromatic heterocycles. The minimum atomic E-state index is -4.80. The van der Waals surface area contributed by atoms with E-state index in [0.717, 1.165) is 80.6 Å². The number of allylic oxidation sites excluding steroid dienone is 1. The molecule has 15 nitrogen and oxygen atoms in total. The number of aliphatic hydroxyl groups is 3. The number of aliphatic hydroxyl groups excluding tert-OH is 3. The summed E-state index contributed by atoms with van der Waals surface area (Å²) in [5, 5.41) is 31.2. The quantitative estimate of drug-likeness (QED) is 0.0440. The van der Waals surface area contributed by atoms with Crippen molar-refractivity contribution in [3.05, 3.63) is 24.3 Å². The fourth-order valence-electron chi connectivity index (χ4n) is 12.6. The van der Waals surface area contributed by atoms with Gasteiger partial charge in [-0.15, -0.1) is 0 Å². The van der Waals surface area contributed by atoms with Crippen LogP contribution in [0.25, 0.3) is 11.2 Å². The topological polar surface area (TPSA) is 214 Å². The minimum Gasteiger partial charge on any atom is -0.394 e. The van der Waals surface area contributed by atoms with Crippen LogP contribution in [0.15, 0.2) is 24.3 Å². The predicted molar refractivity (Wildman–Crippen MR) is 235 cm³/mol. The standard InChI is InChI=1S/C46H76N5O10P/c1-29(2)11-10-12-30(3)35-15-16-36-34-14-13-31-23-33(17-19-45(31,4)37(34)18-20-46(35,36)5)58-22-9-7-6-8-21-57-25-32(53)26-59-62(55,56)61-41-38(24-52)60-44(40(41)54)51-28-50-39-42(47)48-27-49-43(39)51/h13,27-30,32-38,40-41,44,52-54H,6-12,14-26H2,1-5H3,(H,55,56)(H2,47,48,49)/t30-,32?,33+,34+,35-,36+,37+,38-,40-,41-,44-,45+,46-/m1/s1. The first-order valence-corrected chi connectivity index (χ1v) is 25.2. The molecule has 62 heavy (non-hydrogen) atoms. The number of hydrogen-bond donors (Lipinski definition) is 5. The zero-order valence-corrected chi connectivity index (χ0v) is 38.7. The number of aromatic nitrogens is 4. The molecule has 1 aliphatic heterocycles. The number of fused-ring (bicyclic) bond motifs is 6. The van der Waals surface area contributed by atoms with Crippen LogP contribution in [0, 0.1) is 46.3 Å². The summed E-state index contributed by atoms with van der Waals surface area (Å²) in [7, 11) is -4.80. The van der Waals surface area contributed by atoms with Crippen molar-refractivity contribution in [1.82, 2.24) is 19.5 Å². The average Bonchev–Trinajstić information content (AvgIpc) is 3.92. The Hall–Kier alpha value is -2.04. The van der Waals surface area contributed by atoms with Gasteiger partial charge in [-0.3, -0.25) is 13.6 Å². The third-order valence-corrected chi connectivity index (χ3v) is 16.9. The van der Waals surface area contributed by atoms with Gasteiger partial charge in [-0.1, -0.05) is 78.4 Å². The van der Waals surface area contributed by atoms with Crippen LogP contribution in [-0.2, 0) is 27.8 Å². The Labute approximate surface area is 368 Å². The van der Waals surface area contributed by atoms with Crippen LogP contribution in [0.1, 0.15) is 137 Å². The molecule has 7 rings (SSSR count). The van der Waals surface area contributed by atoms with Crippen LogP contribution in [0.4, 0.5) is 5.82 Å². The molecule has 2 unspecified atom stereocenters. The second-order valence-electron chi connectivity index (χ2n) is 20.3. The van der Waals surface area contributed by atoms with Crippen molar-refractivity contribution < 1.29 is 48.0 Å². The number of nitrogens with two attached hydrogens (primary N) is 1. The van der Waals surface area contributed by atoms with Crippen LogP contribution in [0.2, 0.25) is 0 Å². The highest BCUT2D eigenvalue weighted by Gasteiger charge is 2.59. The maximum Gasteiger partial charge on any atom is 0.472 e. The fourth-order valence-corrected chi connectivity index (χ4v) is 13.6. The number of nitrogen functional groups attached to an aromatic ring is 1. The largest absolute Gasteiger partial charge is 0.472 e. The lowest BCUT2D eigenvalue weighted by Gasteiger charge is -2.58. The Morgan fingerprint density at radius 1 is 0.984 bits per heavy atom. The Balaban J connectivity index is 0.753. The second-order valence-corrected chi connectivity index (χ2v) is 21.7. The number of rotatable bonds is 22. The SMILES string of the molecule is CC(C)CCC[C@@H](C)[C@H]1CC[C@H]2[C@@H]3CC=C4C[C@@H](OCCCCCCOCC(O)COP(=O)(O)O[C@H]5[C@@H](O)[C@H](n6cnc7c(N)ncnc76)O[C@@H]5CO)CC[C@]4(C)[C@H]3CC[C@]12C. The van der Waals surface area contributed by atoms with E-state index in [1.165, 1.54) is 75.0 Å². The third kappa shape index (κ3) is 10.5. The van der Waals surface area contributed by atoms with Crippen molar-refractivity contribution in [3.8, 4) is 0 Å². The molecule has 6 N–H and O–H groups in total. The smallest absolute Gasteiger partial charge is 0.394 e. The van der Waals surface area contributed by atoms with Gasteiger partial charge in [-0.05, 0) is 111 Å². The molecule has 350 valence electrons. The maximum atomic E-state index is 12.8. The van der Waals surface area contributed by atoms with E-state index in [1.54, 1.807) is 5.57 Å². The van der Waals surface area contributed by atoms with Crippen molar-refractivity contribution in [2.24, 2.45) is 46.3 Å². The van der Waals surface area contributed by atoms with Crippen molar-refractivity contribution in [2.75, 3.05) is 38.8 Å². The molecule has 0 bridgehead atoms. The molecular formula is C46H76N5O10P. The van der Waals surface area contributed by atoms with Crippen LogP contribution in [0.3, 0.4) is 0 Å². The number of anilines is 1. The van der Waals surface area contributed by atoms with Gasteiger partial charge in [0.2, 0.25) is 0 Å². The van der Waals surface area contributed by atoms with E-state index < -0.39 is 51.7 Å². The molecule has 4 fully saturated rings. The van der Waals surface area contributed by atoms with E-state index in [0.29, 0.717) is 23.5 Å². The first-order chi connectivity index (χ1) is 29.6. The third-order valence-electron chi connectivity index (χ3n) is 15.9. The van der Waals surface area contributed by atoms with Crippen molar-refractivity contribution >= 4 is 24.8 Å². The van der Waals surface area contributed by atoms with Crippen LogP contribution in [0.5, 0.6) is 0 Å². The van der Waals surface area contributed by atoms with Crippen LogP contribution >= 0.6 is 7.82 Å². The molecule has 0 radical (unpaired) electrons. The Morgan fingerprint density at radius 2 is 1.77 bits per heavy atom. The molecule has 0 spiro atoms. The Morgan fingerprint density at radius 3 is 2.55 bits per heavy atom. The zero-order chi connectivity index (χ0) is 44.2. The van der Waals surface area contributed by atoms with Gasteiger partial charge >= 0.3 is 7.82 Å². The summed E-state index contributed by atoms with van der Waals surface area (Å²) in [5.41, 5.74) is 8.94. The fraction of sp³-hybridized carbons (Fsp3) is 0.848. The lowest BCUT2D eigenvalue weighted by molar-refractivity contribution is -0.0641. The summed E-state index contributed by atoms with van der Waals surface area (Å²) < 4.78 is 42.3. The number of phosphoric acid groups is 1. The number of unbranched alkanes of at least 4 members (excludes halogenated alkanes) is 3. The molecule has 5 aliphatic rings. The van der Waals surface area contributed by atoms with E-state index >= 15 is 0 Å². The van der Waals surface area contributed by atoms with E-state index in [1.807, 2.05) is 0 Å². The summed E-state index contributed by atoms with van der Waals surface area (Å²) in [5.74, 6) is 5.25. The highest BCUT2D eigenvalue weighted by molar-refractivity contribution is 7.47. The minimum absolute atomic E-state index is 0.0887. The second kappa shape index (κ2) is 20.6. The van der Waals surface area contributed by atoms with Crippen molar-refractivity contribution in [2.45, 2.75) is 168 Å². The Kier molecular flexibility index (Phi) is 15.9. The van der Waals surface area contributed by atoms with E-state index in [9.17, 15) is 24.8 Å². The van der Waals surface area contributed by atoms with Gasteiger partial charge in [-0.25, -0.2) is 19.5 Å². The van der Waals surface area contributed by atoms with Gasteiger partial charge in [0, 0.05) is 13.2 Å². The molecule has 3 saturated carbocycles. The lowest BCUT2D eigenvalue weighted by atomic mass is 9.47. The molecule has 16 heteroatoms. The summed E-state index contributed by atoms with van der Waals surface area (Å²) in [6.07, 6.45) is 17.5. The summed E-state index contributed by atoms with van der Waals surface area (Å²) in [6.45, 7) is 12.5. The molecule has 4 aliphatic carbocycles. The number of phosphoric ester groups is 1.